The molecule has 3 rings (SSSR count). The molecule has 0 aliphatic carbocycles. The minimum absolute atomic E-state index is 0.0675. The van der Waals surface area contributed by atoms with E-state index in [4.69, 9.17) is 14.2 Å². The number of rotatable bonds is 8. The minimum atomic E-state index is -0.454. The first-order chi connectivity index (χ1) is 14.4. The van der Waals surface area contributed by atoms with Crippen LogP contribution in [0.1, 0.15) is 12.0 Å². The van der Waals surface area contributed by atoms with Crippen molar-refractivity contribution in [2.24, 2.45) is 5.92 Å². The second kappa shape index (κ2) is 9.47. The number of likely N-dealkylation sites (tertiary alicyclic amines) is 1. The number of halogens is 1. The maximum absolute atomic E-state index is 13.0. The van der Waals surface area contributed by atoms with Crippen LogP contribution < -0.4 is 19.5 Å². The van der Waals surface area contributed by atoms with Gasteiger partial charge in [0, 0.05) is 37.3 Å². The summed E-state index contributed by atoms with van der Waals surface area (Å²) in [5, 5.41) is 2.83. The highest BCUT2D eigenvalue weighted by Crippen LogP contribution is 2.40. The third-order valence-corrected chi connectivity index (χ3v) is 5.10. The number of anilines is 1. The Labute approximate surface area is 174 Å². The Bertz CT molecular complexity index is 891. The van der Waals surface area contributed by atoms with Crippen LogP contribution in [0.2, 0.25) is 0 Å². The zero-order valence-electron chi connectivity index (χ0n) is 17.2. The number of methoxy groups -OCH3 is 3. The van der Waals surface area contributed by atoms with Crippen molar-refractivity contribution < 1.29 is 28.2 Å². The molecule has 0 aromatic heterocycles. The first-order valence-corrected chi connectivity index (χ1v) is 9.58. The normalized spacial score (nSPS) is 15.8. The SMILES string of the molecule is COc1cc(NC(=O)[C@@H]2CC(=O)N(CCc3ccc(F)cc3)C2)cc(OC)c1OC. The molecule has 0 spiro atoms. The summed E-state index contributed by atoms with van der Waals surface area (Å²) in [5.74, 6) is 0.223. The monoisotopic (exact) mass is 416 g/mol. The van der Waals surface area contributed by atoms with Crippen LogP contribution in [-0.2, 0) is 16.0 Å². The lowest BCUT2D eigenvalue weighted by molar-refractivity contribution is -0.128. The molecule has 2 amide bonds. The van der Waals surface area contributed by atoms with Gasteiger partial charge in [0.25, 0.3) is 0 Å². The number of nitrogens with zero attached hydrogens (tertiary/aromatic N) is 1. The number of benzene rings is 2. The molecule has 1 atom stereocenters. The van der Waals surface area contributed by atoms with Gasteiger partial charge in [0.05, 0.1) is 27.2 Å². The van der Waals surface area contributed by atoms with Crippen molar-refractivity contribution in [2.45, 2.75) is 12.8 Å². The lowest BCUT2D eigenvalue weighted by atomic mass is 10.1. The predicted octanol–water partition coefficient (Wildman–Crippen LogP) is 2.88. The zero-order valence-corrected chi connectivity index (χ0v) is 17.2. The van der Waals surface area contributed by atoms with Gasteiger partial charge in [-0.15, -0.1) is 0 Å². The zero-order chi connectivity index (χ0) is 21.7. The molecule has 1 saturated heterocycles. The minimum Gasteiger partial charge on any atom is -0.493 e. The van der Waals surface area contributed by atoms with Crippen molar-refractivity contribution in [3.05, 3.63) is 47.8 Å². The fourth-order valence-corrected chi connectivity index (χ4v) is 3.48. The van der Waals surface area contributed by atoms with Gasteiger partial charge in [0.1, 0.15) is 5.82 Å². The first kappa shape index (κ1) is 21.4. The molecule has 0 radical (unpaired) electrons. The molecule has 2 aromatic carbocycles. The molecule has 1 aliphatic rings. The van der Waals surface area contributed by atoms with E-state index in [1.54, 1.807) is 29.2 Å². The maximum atomic E-state index is 13.0. The van der Waals surface area contributed by atoms with E-state index in [0.29, 0.717) is 42.4 Å². The second-order valence-electron chi connectivity index (χ2n) is 7.02. The summed E-state index contributed by atoms with van der Waals surface area (Å²) >= 11 is 0. The Hall–Kier alpha value is -3.29. The third-order valence-electron chi connectivity index (χ3n) is 5.10. The summed E-state index contributed by atoms with van der Waals surface area (Å²) in [7, 11) is 4.50. The molecule has 7 nitrogen and oxygen atoms in total. The molecular weight excluding hydrogens is 391 g/mol. The van der Waals surface area contributed by atoms with Crippen LogP contribution in [0.4, 0.5) is 10.1 Å². The highest BCUT2D eigenvalue weighted by Gasteiger charge is 2.34. The number of ether oxygens (including phenoxy) is 3. The quantitative estimate of drug-likeness (QED) is 0.716. The van der Waals surface area contributed by atoms with E-state index in [1.165, 1.54) is 33.5 Å². The van der Waals surface area contributed by atoms with Crippen LogP contribution in [-0.4, -0.2) is 51.1 Å². The van der Waals surface area contributed by atoms with Gasteiger partial charge >= 0.3 is 0 Å². The van der Waals surface area contributed by atoms with Crippen LogP contribution in [0.25, 0.3) is 0 Å². The Kier molecular flexibility index (Phi) is 6.76. The van der Waals surface area contributed by atoms with E-state index in [9.17, 15) is 14.0 Å². The molecule has 2 aromatic rings. The van der Waals surface area contributed by atoms with E-state index < -0.39 is 5.92 Å². The molecule has 1 heterocycles. The molecule has 0 unspecified atom stereocenters. The van der Waals surface area contributed by atoms with Gasteiger partial charge in [-0.25, -0.2) is 4.39 Å². The van der Waals surface area contributed by atoms with E-state index in [2.05, 4.69) is 5.32 Å². The van der Waals surface area contributed by atoms with Crippen molar-refractivity contribution in [1.82, 2.24) is 4.90 Å². The van der Waals surface area contributed by atoms with Crippen molar-refractivity contribution in [1.29, 1.82) is 0 Å². The predicted molar refractivity (Wildman–Crippen MR) is 110 cm³/mol. The maximum Gasteiger partial charge on any atom is 0.229 e. The van der Waals surface area contributed by atoms with Crippen LogP contribution >= 0.6 is 0 Å². The lowest BCUT2D eigenvalue weighted by Gasteiger charge is -2.17. The van der Waals surface area contributed by atoms with Gasteiger partial charge < -0.3 is 24.4 Å². The second-order valence-corrected chi connectivity index (χ2v) is 7.02. The van der Waals surface area contributed by atoms with E-state index >= 15 is 0 Å². The molecule has 1 N–H and O–H groups in total. The molecule has 8 heteroatoms. The number of amides is 2. The summed E-state index contributed by atoms with van der Waals surface area (Å²) < 4.78 is 28.9. The van der Waals surface area contributed by atoms with Crippen molar-refractivity contribution in [3.8, 4) is 17.2 Å². The standard InChI is InChI=1S/C22H25FN2O5/c1-28-18-11-17(12-19(29-2)21(18)30-3)24-22(27)15-10-20(26)25(13-15)9-8-14-4-6-16(23)7-5-14/h4-7,11-12,15H,8-10,13H2,1-3H3,(H,24,27)/t15-/m1/s1. The van der Waals surface area contributed by atoms with Gasteiger partial charge in [-0.05, 0) is 24.1 Å². The van der Waals surface area contributed by atoms with E-state index in [1.807, 2.05) is 0 Å². The van der Waals surface area contributed by atoms with Crippen LogP contribution in [0, 0.1) is 11.7 Å². The number of hydrogen-bond acceptors (Lipinski definition) is 5. The summed E-state index contributed by atoms with van der Waals surface area (Å²) in [6.07, 6.45) is 0.757. The van der Waals surface area contributed by atoms with Gasteiger partial charge in [0.15, 0.2) is 11.5 Å². The van der Waals surface area contributed by atoms with Gasteiger partial charge in [-0.2, -0.15) is 0 Å². The number of carbonyl (C=O) groups is 2. The molecule has 0 saturated carbocycles. The molecule has 30 heavy (non-hydrogen) atoms. The summed E-state index contributed by atoms with van der Waals surface area (Å²) in [5.41, 5.74) is 1.43. The number of hydrogen-bond donors (Lipinski definition) is 1. The Morgan fingerprint density at radius 3 is 2.30 bits per heavy atom. The Balaban J connectivity index is 1.62. The first-order valence-electron chi connectivity index (χ1n) is 9.58. The smallest absolute Gasteiger partial charge is 0.229 e. The highest BCUT2D eigenvalue weighted by atomic mass is 19.1. The average molecular weight is 416 g/mol. The van der Waals surface area contributed by atoms with Gasteiger partial charge in [-0.3, -0.25) is 9.59 Å². The number of carbonyl (C=O) groups excluding carboxylic acids is 2. The number of nitrogens with one attached hydrogen (secondary N) is 1. The Morgan fingerprint density at radius 2 is 1.73 bits per heavy atom. The molecular formula is C22H25FN2O5. The highest BCUT2D eigenvalue weighted by molar-refractivity contribution is 5.97. The van der Waals surface area contributed by atoms with Crippen LogP contribution in [0.5, 0.6) is 17.2 Å². The molecule has 1 aliphatic heterocycles. The van der Waals surface area contributed by atoms with Crippen LogP contribution in [0.15, 0.2) is 36.4 Å². The summed E-state index contributed by atoms with van der Waals surface area (Å²) in [6.45, 7) is 0.828. The average Bonchev–Trinajstić information content (AvgIpc) is 3.13. The van der Waals surface area contributed by atoms with Crippen molar-refractivity contribution in [2.75, 3.05) is 39.7 Å². The summed E-state index contributed by atoms with van der Waals surface area (Å²) in [4.78, 5) is 26.7. The Morgan fingerprint density at radius 1 is 1.10 bits per heavy atom. The third kappa shape index (κ3) is 4.82. The van der Waals surface area contributed by atoms with Gasteiger partial charge in [-0.1, -0.05) is 12.1 Å². The van der Waals surface area contributed by atoms with Crippen molar-refractivity contribution in [3.63, 3.8) is 0 Å². The lowest BCUT2D eigenvalue weighted by Crippen LogP contribution is -2.30. The molecule has 160 valence electrons. The summed E-state index contributed by atoms with van der Waals surface area (Å²) in [6, 6.07) is 9.48. The fourth-order valence-electron chi connectivity index (χ4n) is 3.48. The van der Waals surface area contributed by atoms with E-state index in [-0.39, 0.29) is 24.1 Å². The van der Waals surface area contributed by atoms with Gasteiger partial charge in [0.2, 0.25) is 17.6 Å². The topological polar surface area (TPSA) is 77.1 Å². The van der Waals surface area contributed by atoms with Crippen molar-refractivity contribution >= 4 is 17.5 Å². The van der Waals surface area contributed by atoms with Crippen LogP contribution in [0.3, 0.4) is 0 Å². The molecule has 0 bridgehead atoms. The largest absolute Gasteiger partial charge is 0.493 e. The fraction of sp³-hybridized carbons (Fsp3) is 0.364. The van der Waals surface area contributed by atoms with E-state index in [0.717, 1.165) is 5.56 Å². The molecule has 1 fully saturated rings.